The van der Waals surface area contributed by atoms with Gasteiger partial charge in [-0.15, -0.1) is 0 Å². The van der Waals surface area contributed by atoms with E-state index in [-0.39, 0.29) is 17.6 Å². The molecule has 26 heavy (non-hydrogen) atoms. The fourth-order valence-corrected chi connectivity index (χ4v) is 2.92. The second-order valence-electron chi connectivity index (χ2n) is 6.24. The molecule has 0 aromatic heterocycles. The average Bonchev–Trinajstić information content (AvgIpc) is 3.11. The molecule has 1 fully saturated rings. The van der Waals surface area contributed by atoms with E-state index in [9.17, 15) is 18.4 Å². The van der Waals surface area contributed by atoms with E-state index in [1.165, 1.54) is 0 Å². The third-order valence-corrected chi connectivity index (χ3v) is 4.27. The largest absolute Gasteiger partial charge is 0.349 e. The van der Waals surface area contributed by atoms with Gasteiger partial charge in [0.15, 0.2) is 0 Å². The van der Waals surface area contributed by atoms with Gasteiger partial charge in [-0.1, -0.05) is 12.8 Å². The lowest BCUT2D eigenvalue weighted by Crippen LogP contribution is -2.32. The molecular formula is C19H19F2N3O2. The van der Waals surface area contributed by atoms with Crippen LogP contribution in [-0.2, 0) is 0 Å². The number of nitrogens with one attached hydrogen (secondary N) is 3. The lowest BCUT2D eigenvalue weighted by molar-refractivity contribution is 0.0938. The lowest BCUT2D eigenvalue weighted by atomic mass is 10.1. The number of hydrogen-bond acceptors (Lipinski definition) is 2. The van der Waals surface area contributed by atoms with Crippen LogP contribution < -0.4 is 16.0 Å². The van der Waals surface area contributed by atoms with Crippen molar-refractivity contribution in [1.29, 1.82) is 0 Å². The van der Waals surface area contributed by atoms with Gasteiger partial charge < -0.3 is 16.0 Å². The molecule has 0 unspecified atom stereocenters. The summed E-state index contributed by atoms with van der Waals surface area (Å²) in [7, 11) is 0. The molecule has 0 saturated heterocycles. The molecule has 136 valence electrons. The first kappa shape index (κ1) is 17.8. The highest BCUT2D eigenvalue weighted by Crippen LogP contribution is 2.19. The van der Waals surface area contributed by atoms with E-state index in [4.69, 9.17) is 0 Å². The molecule has 3 amide bonds. The Hall–Kier alpha value is -2.96. The molecule has 3 rings (SSSR count). The van der Waals surface area contributed by atoms with Gasteiger partial charge in [-0.3, -0.25) is 4.79 Å². The number of amides is 3. The first-order chi connectivity index (χ1) is 12.5. The van der Waals surface area contributed by atoms with Gasteiger partial charge in [0.05, 0.1) is 5.69 Å². The quantitative estimate of drug-likeness (QED) is 0.762. The molecule has 1 aliphatic carbocycles. The number of urea groups is 1. The van der Waals surface area contributed by atoms with Crippen LogP contribution in [0, 0.1) is 11.6 Å². The van der Waals surface area contributed by atoms with Crippen molar-refractivity contribution >= 4 is 23.3 Å². The van der Waals surface area contributed by atoms with Gasteiger partial charge in [-0.2, -0.15) is 0 Å². The molecule has 0 aliphatic heterocycles. The van der Waals surface area contributed by atoms with Crippen molar-refractivity contribution in [3.8, 4) is 0 Å². The molecule has 0 radical (unpaired) electrons. The molecule has 3 N–H and O–H groups in total. The minimum atomic E-state index is -0.862. The van der Waals surface area contributed by atoms with Crippen molar-refractivity contribution in [3.05, 3.63) is 59.7 Å². The van der Waals surface area contributed by atoms with E-state index in [0.29, 0.717) is 17.3 Å². The second kappa shape index (κ2) is 7.95. The number of hydrogen-bond donors (Lipinski definition) is 3. The minimum absolute atomic E-state index is 0.128. The molecule has 1 saturated carbocycles. The molecule has 0 bridgehead atoms. The Bertz CT molecular complexity index is 803. The maximum atomic E-state index is 13.5. The normalized spacial score (nSPS) is 14.1. The highest BCUT2D eigenvalue weighted by atomic mass is 19.1. The second-order valence-corrected chi connectivity index (χ2v) is 6.24. The fourth-order valence-electron chi connectivity index (χ4n) is 2.92. The number of halogens is 2. The van der Waals surface area contributed by atoms with Crippen molar-refractivity contribution in [1.82, 2.24) is 5.32 Å². The average molecular weight is 359 g/mol. The van der Waals surface area contributed by atoms with Crippen LogP contribution in [-0.4, -0.2) is 18.0 Å². The smallest absolute Gasteiger partial charge is 0.323 e. The Kier molecular flexibility index (Phi) is 5.46. The van der Waals surface area contributed by atoms with Gasteiger partial charge in [0, 0.05) is 23.4 Å². The summed E-state index contributed by atoms with van der Waals surface area (Å²) < 4.78 is 26.4. The number of carbonyl (C=O) groups is 2. The molecule has 0 atom stereocenters. The summed E-state index contributed by atoms with van der Waals surface area (Å²) in [5.74, 6) is -1.72. The topological polar surface area (TPSA) is 70.2 Å². The molecule has 7 heteroatoms. The lowest BCUT2D eigenvalue weighted by Gasteiger charge is -2.12. The summed E-state index contributed by atoms with van der Waals surface area (Å²) in [5, 5.41) is 7.82. The van der Waals surface area contributed by atoms with Crippen LogP contribution in [0.15, 0.2) is 42.5 Å². The molecular weight excluding hydrogens is 340 g/mol. The van der Waals surface area contributed by atoms with Crippen LogP contribution >= 0.6 is 0 Å². The highest BCUT2D eigenvalue weighted by Gasteiger charge is 2.18. The van der Waals surface area contributed by atoms with Crippen molar-refractivity contribution in [2.75, 3.05) is 10.6 Å². The van der Waals surface area contributed by atoms with Crippen molar-refractivity contribution in [2.24, 2.45) is 0 Å². The van der Waals surface area contributed by atoms with Crippen LogP contribution in [0.25, 0.3) is 0 Å². The third kappa shape index (κ3) is 4.56. The van der Waals surface area contributed by atoms with E-state index >= 15 is 0 Å². The van der Waals surface area contributed by atoms with E-state index in [0.717, 1.165) is 37.8 Å². The Balaban J connectivity index is 1.56. The van der Waals surface area contributed by atoms with Crippen LogP contribution in [0.2, 0.25) is 0 Å². The predicted molar refractivity (Wildman–Crippen MR) is 95.2 cm³/mol. The number of rotatable bonds is 4. The molecule has 0 spiro atoms. The predicted octanol–water partition coefficient (Wildman–Crippen LogP) is 4.28. The maximum absolute atomic E-state index is 13.5. The Morgan fingerprint density at radius 2 is 1.62 bits per heavy atom. The van der Waals surface area contributed by atoms with Crippen molar-refractivity contribution < 1.29 is 18.4 Å². The van der Waals surface area contributed by atoms with E-state index in [2.05, 4.69) is 16.0 Å². The minimum Gasteiger partial charge on any atom is -0.349 e. The van der Waals surface area contributed by atoms with E-state index in [1.54, 1.807) is 24.3 Å². The number of benzene rings is 2. The van der Waals surface area contributed by atoms with Gasteiger partial charge in [0.2, 0.25) is 0 Å². The van der Waals surface area contributed by atoms with Crippen molar-refractivity contribution in [2.45, 2.75) is 31.7 Å². The summed E-state index contributed by atoms with van der Waals surface area (Å²) in [6.07, 6.45) is 4.28. The Morgan fingerprint density at radius 3 is 2.27 bits per heavy atom. The highest BCUT2D eigenvalue weighted by molar-refractivity contribution is 6.00. The van der Waals surface area contributed by atoms with Gasteiger partial charge in [-0.25, -0.2) is 13.6 Å². The summed E-state index contributed by atoms with van der Waals surface area (Å²) >= 11 is 0. The third-order valence-electron chi connectivity index (χ3n) is 4.27. The molecule has 0 heterocycles. The molecule has 2 aromatic rings. The SMILES string of the molecule is O=C(Nc1ccc(C(=O)NC2CCCC2)cc1)Nc1ccc(F)cc1F. The van der Waals surface area contributed by atoms with Gasteiger partial charge in [0.25, 0.3) is 5.91 Å². The van der Waals surface area contributed by atoms with Crippen LogP contribution in [0.1, 0.15) is 36.0 Å². The zero-order valence-corrected chi connectivity index (χ0v) is 14.0. The zero-order chi connectivity index (χ0) is 18.5. The fraction of sp³-hybridized carbons (Fsp3) is 0.263. The number of carbonyl (C=O) groups excluding carboxylic acids is 2. The standard InChI is InChI=1S/C19H19F2N3O2/c20-13-7-10-17(16(21)11-13)24-19(26)23-15-8-5-12(6-9-15)18(25)22-14-3-1-2-4-14/h5-11,14H,1-4H2,(H,22,25)(H2,23,24,26). The first-order valence-electron chi connectivity index (χ1n) is 8.45. The van der Waals surface area contributed by atoms with Gasteiger partial charge in [0.1, 0.15) is 11.6 Å². The summed E-state index contributed by atoms with van der Waals surface area (Å²) in [5.41, 5.74) is 0.825. The Labute approximate surface area is 149 Å². The van der Waals surface area contributed by atoms with Gasteiger partial charge >= 0.3 is 6.03 Å². The van der Waals surface area contributed by atoms with Crippen LogP contribution in [0.3, 0.4) is 0 Å². The Morgan fingerprint density at radius 1 is 0.923 bits per heavy atom. The number of anilines is 2. The molecule has 1 aliphatic rings. The van der Waals surface area contributed by atoms with Crippen LogP contribution in [0.4, 0.5) is 25.0 Å². The summed E-state index contributed by atoms with van der Waals surface area (Å²) in [4.78, 5) is 24.1. The van der Waals surface area contributed by atoms with E-state index in [1.807, 2.05) is 0 Å². The summed E-state index contributed by atoms with van der Waals surface area (Å²) in [6.45, 7) is 0. The molecule has 5 nitrogen and oxygen atoms in total. The van der Waals surface area contributed by atoms with Crippen molar-refractivity contribution in [3.63, 3.8) is 0 Å². The zero-order valence-electron chi connectivity index (χ0n) is 14.0. The van der Waals surface area contributed by atoms with Gasteiger partial charge in [-0.05, 0) is 49.2 Å². The van der Waals surface area contributed by atoms with Crippen LogP contribution in [0.5, 0.6) is 0 Å². The van der Waals surface area contributed by atoms with E-state index < -0.39 is 17.7 Å². The summed E-state index contributed by atoms with van der Waals surface area (Å²) in [6, 6.07) is 8.84. The first-order valence-corrected chi connectivity index (χ1v) is 8.45. The maximum Gasteiger partial charge on any atom is 0.323 e. The molecule has 2 aromatic carbocycles. The monoisotopic (exact) mass is 359 g/mol.